The number of nitrogens with zero attached hydrogens (tertiary/aromatic N) is 4. The van der Waals surface area contributed by atoms with Crippen molar-refractivity contribution in [2.24, 2.45) is 5.92 Å². The molecule has 2 aliphatic rings. The highest BCUT2D eigenvalue weighted by Gasteiger charge is 2.25. The molecule has 4 aromatic rings. The number of hydrogen-bond acceptors (Lipinski definition) is 6. The minimum atomic E-state index is -0.930. The van der Waals surface area contributed by atoms with Crippen molar-refractivity contribution < 1.29 is 19.4 Å². The molecule has 42 heavy (non-hydrogen) atoms. The van der Waals surface area contributed by atoms with E-state index in [1.807, 2.05) is 12.1 Å². The van der Waals surface area contributed by atoms with Gasteiger partial charge in [-0.3, -0.25) is 4.90 Å². The smallest absolute Gasteiger partial charge is 0.335 e. The Balaban J connectivity index is 1.06. The highest BCUT2D eigenvalue weighted by atomic mass is 35.5. The van der Waals surface area contributed by atoms with Gasteiger partial charge in [-0.25, -0.2) is 9.78 Å². The SMILES string of the molecule is N#Cc1cc(Cl)ccc1OCc1cccc(CC2CCN(Cc3nc4ccc(C(=O)O)cc4n3C[C@@H]3CCO3)CC2)c1. The molecule has 1 atom stereocenters. The lowest BCUT2D eigenvalue weighted by Gasteiger charge is -2.32. The van der Waals surface area contributed by atoms with Gasteiger partial charge in [0.05, 0.1) is 41.4 Å². The van der Waals surface area contributed by atoms with Gasteiger partial charge >= 0.3 is 5.97 Å². The molecule has 9 heteroatoms. The number of aromatic carboxylic acids is 1. The van der Waals surface area contributed by atoms with Crippen LogP contribution < -0.4 is 4.74 Å². The lowest BCUT2D eigenvalue weighted by Crippen LogP contribution is -2.36. The predicted molar refractivity (Wildman–Crippen MR) is 160 cm³/mol. The summed E-state index contributed by atoms with van der Waals surface area (Å²) in [6.07, 6.45) is 4.39. The van der Waals surface area contributed by atoms with Crippen LogP contribution in [-0.4, -0.2) is 51.3 Å². The van der Waals surface area contributed by atoms with Crippen LogP contribution in [0.1, 0.15) is 52.1 Å². The van der Waals surface area contributed by atoms with E-state index in [-0.39, 0.29) is 11.7 Å². The Morgan fingerprint density at radius 2 is 1.90 bits per heavy atom. The quantitative estimate of drug-likeness (QED) is 0.241. The maximum absolute atomic E-state index is 11.6. The molecule has 2 aliphatic heterocycles. The van der Waals surface area contributed by atoms with Crippen molar-refractivity contribution >= 4 is 28.6 Å². The van der Waals surface area contributed by atoms with E-state index in [0.29, 0.717) is 35.4 Å². The molecular weight excluding hydrogens is 552 g/mol. The number of carbonyl (C=O) groups is 1. The van der Waals surface area contributed by atoms with Crippen molar-refractivity contribution in [3.8, 4) is 11.8 Å². The van der Waals surface area contributed by atoms with Gasteiger partial charge < -0.3 is 19.1 Å². The van der Waals surface area contributed by atoms with Crippen molar-refractivity contribution in [2.45, 2.75) is 51.5 Å². The van der Waals surface area contributed by atoms with E-state index in [9.17, 15) is 15.2 Å². The number of piperidine rings is 1. The van der Waals surface area contributed by atoms with Crippen LogP contribution in [0.15, 0.2) is 60.7 Å². The molecule has 0 aliphatic carbocycles. The molecule has 0 unspecified atom stereocenters. The highest BCUT2D eigenvalue weighted by Crippen LogP contribution is 2.27. The predicted octanol–water partition coefficient (Wildman–Crippen LogP) is 6.08. The zero-order valence-electron chi connectivity index (χ0n) is 23.3. The summed E-state index contributed by atoms with van der Waals surface area (Å²) in [5, 5.41) is 19.4. The van der Waals surface area contributed by atoms with Crippen LogP contribution in [0, 0.1) is 17.2 Å². The topological polar surface area (TPSA) is 101 Å². The van der Waals surface area contributed by atoms with Gasteiger partial charge in [0, 0.05) is 11.6 Å². The highest BCUT2D eigenvalue weighted by molar-refractivity contribution is 6.30. The number of nitriles is 1. The molecule has 216 valence electrons. The number of imidazole rings is 1. The second kappa shape index (κ2) is 12.5. The van der Waals surface area contributed by atoms with E-state index in [0.717, 1.165) is 74.3 Å². The number of likely N-dealkylation sites (tertiary alicyclic amines) is 1. The molecule has 3 heterocycles. The third kappa shape index (κ3) is 6.44. The summed E-state index contributed by atoms with van der Waals surface area (Å²) in [5.74, 6) is 1.17. The van der Waals surface area contributed by atoms with Crippen molar-refractivity contribution in [3.63, 3.8) is 0 Å². The molecule has 0 spiro atoms. The fourth-order valence-electron chi connectivity index (χ4n) is 5.87. The van der Waals surface area contributed by atoms with Gasteiger partial charge in [0.15, 0.2) is 0 Å². The molecule has 0 bridgehead atoms. The normalized spacial score (nSPS) is 17.6. The van der Waals surface area contributed by atoms with Crippen LogP contribution in [0.2, 0.25) is 5.02 Å². The van der Waals surface area contributed by atoms with Crippen LogP contribution in [0.25, 0.3) is 11.0 Å². The van der Waals surface area contributed by atoms with Crippen molar-refractivity contribution in [3.05, 3.63) is 93.8 Å². The minimum absolute atomic E-state index is 0.154. The van der Waals surface area contributed by atoms with E-state index >= 15 is 0 Å². The van der Waals surface area contributed by atoms with E-state index in [1.54, 1.807) is 30.3 Å². The summed E-state index contributed by atoms with van der Waals surface area (Å²) in [7, 11) is 0. The van der Waals surface area contributed by atoms with Crippen LogP contribution in [0.3, 0.4) is 0 Å². The van der Waals surface area contributed by atoms with Crippen molar-refractivity contribution in [1.29, 1.82) is 5.26 Å². The summed E-state index contributed by atoms with van der Waals surface area (Å²) in [5.41, 5.74) is 4.76. The zero-order chi connectivity index (χ0) is 29.1. The molecule has 0 amide bonds. The largest absolute Gasteiger partial charge is 0.488 e. The summed E-state index contributed by atoms with van der Waals surface area (Å²) in [4.78, 5) is 19.0. The van der Waals surface area contributed by atoms with Gasteiger partial charge in [-0.2, -0.15) is 5.26 Å². The Bertz CT molecular complexity index is 1630. The lowest BCUT2D eigenvalue weighted by atomic mass is 9.89. The fourth-order valence-corrected chi connectivity index (χ4v) is 6.04. The fraction of sp³-hybridized carbons (Fsp3) is 0.364. The first-order valence-corrected chi connectivity index (χ1v) is 14.8. The second-order valence-corrected chi connectivity index (χ2v) is 11.6. The number of carboxylic acids is 1. The van der Waals surface area contributed by atoms with Crippen molar-refractivity contribution in [2.75, 3.05) is 19.7 Å². The summed E-state index contributed by atoms with van der Waals surface area (Å²) >= 11 is 6.00. The average molecular weight is 585 g/mol. The molecule has 8 nitrogen and oxygen atoms in total. The number of hydrogen-bond donors (Lipinski definition) is 1. The number of fused-ring (bicyclic) bond motifs is 1. The van der Waals surface area contributed by atoms with Gasteiger partial charge in [0.25, 0.3) is 0 Å². The third-order valence-electron chi connectivity index (χ3n) is 8.30. The Morgan fingerprint density at radius 1 is 1.10 bits per heavy atom. The summed E-state index contributed by atoms with van der Waals surface area (Å²) in [6.45, 7) is 4.58. The summed E-state index contributed by atoms with van der Waals surface area (Å²) < 4.78 is 13.8. The maximum Gasteiger partial charge on any atom is 0.335 e. The van der Waals surface area contributed by atoms with E-state index < -0.39 is 5.97 Å². The van der Waals surface area contributed by atoms with Crippen LogP contribution in [0.5, 0.6) is 5.75 Å². The van der Waals surface area contributed by atoms with Crippen molar-refractivity contribution in [1.82, 2.24) is 14.5 Å². The zero-order valence-corrected chi connectivity index (χ0v) is 24.1. The number of carboxylic acid groups (broad SMARTS) is 1. The molecule has 6 rings (SSSR count). The van der Waals surface area contributed by atoms with Gasteiger partial charge in [0.2, 0.25) is 0 Å². The van der Waals surface area contributed by atoms with Crippen LogP contribution >= 0.6 is 11.6 Å². The number of halogens is 1. The Labute approximate surface area is 250 Å². The first-order chi connectivity index (χ1) is 20.4. The molecular formula is C33H33ClN4O4. The minimum Gasteiger partial charge on any atom is -0.488 e. The monoisotopic (exact) mass is 584 g/mol. The third-order valence-corrected chi connectivity index (χ3v) is 8.53. The Kier molecular flexibility index (Phi) is 8.43. The summed E-state index contributed by atoms with van der Waals surface area (Å²) in [6, 6.07) is 20.9. The molecule has 1 N–H and O–H groups in total. The average Bonchev–Trinajstić information content (AvgIpc) is 3.31. The number of rotatable bonds is 10. The van der Waals surface area contributed by atoms with Gasteiger partial charge in [-0.1, -0.05) is 35.9 Å². The van der Waals surface area contributed by atoms with E-state index in [2.05, 4.69) is 33.7 Å². The molecule has 2 saturated heterocycles. The first kappa shape index (κ1) is 28.2. The first-order valence-electron chi connectivity index (χ1n) is 14.4. The van der Waals surface area contributed by atoms with Gasteiger partial charge in [-0.05, 0) is 92.2 Å². The Morgan fingerprint density at radius 3 is 2.64 bits per heavy atom. The van der Waals surface area contributed by atoms with Crippen LogP contribution in [0.4, 0.5) is 0 Å². The van der Waals surface area contributed by atoms with Gasteiger partial charge in [0.1, 0.15) is 24.3 Å². The number of ether oxygens (including phenoxy) is 2. The van der Waals surface area contributed by atoms with Gasteiger partial charge in [-0.15, -0.1) is 0 Å². The standard InChI is InChI=1S/C33H33ClN4O4/c34-27-5-7-31(26(16-27)18-35)42-21-24-3-1-2-23(15-24)14-22-8-11-37(12-9-22)20-32-36-29-6-4-25(33(39)40)17-30(29)38(32)19-28-10-13-41-28/h1-7,15-17,22,28H,8-14,19-21H2,(H,39,40)/t28-/m0/s1. The second-order valence-electron chi connectivity index (χ2n) is 11.2. The molecule has 0 saturated carbocycles. The number of aromatic nitrogens is 2. The van der Waals surface area contributed by atoms with Crippen LogP contribution in [-0.2, 0) is 30.9 Å². The van der Waals surface area contributed by atoms with E-state index in [1.165, 1.54) is 5.56 Å². The molecule has 2 fully saturated rings. The molecule has 0 radical (unpaired) electrons. The molecule has 3 aromatic carbocycles. The maximum atomic E-state index is 11.6. The lowest BCUT2D eigenvalue weighted by molar-refractivity contribution is -0.0592. The Hall–Kier alpha value is -3.90. The molecule has 1 aromatic heterocycles. The van der Waals surface area contributed by atoms with E-state index in [4.69, 9.17) is 26.1 Å². The number of benzene rings is 3.